The Labute approximate surface area is 216 Å². The summed E-state index contributed by atoms with van der Waals surface area (Å²) in [4.78, 5) is 50.6. The second-order valence-corrected chi connectivity index (χ2v) is 9.62. The van der Waals surface area contributed by atoms with Crippen LogP contribution < -0.4 is 21.9 Å². The van der Waals surface area contributed by atoms with Gasteiger partial charge in [0.25, 0.3) is 11.5 Å². The quantitative estimate of drug-likeness (QED) is 0.180. The van der Waals surface area contributed by atoms with Gasteiger partial charge in [-0.1, -0.05) is 0 Å². The number of nitrogens with zero attached hydrogens (tertiary/aromatic N) is 1. The first-order chi connectivity index (χ1) is 18.1. The maximum atomic E-state index is 12.8. The van der Waals surface area contributed by atoms with Crippen molar-refractivity contribution < 1.29 is 44.2 Å². The molecule has 0 saturated carbocycles. The molecule has 210 valence electrons. The van der Waals surface area contributed by atoms with Crippen LogP contribution >= 0.6 is 0 Å². The van der Waals surface area contributed by atoms with Crippen LogP contribution in [-0.4, -0.2) is 97.8 Å². The van der Waals surface area contributed by atoms with Crippen LogP contribution in [-0.2, 0) is 23.8 Å². The highest BCUT2D eigenvalue weighted by molar-refractivity contribution is 5.95. The number of aromatic amines is 1. The van der Waals surface area contributed by atoms with E-state index < -0.39 is 72.7 Å². The van der Waals surface area contributed by atoms with Gasteiger partial charge in [0.2, 0.25) is 12.2 Å². The number of amides is 2. The van der Waals surface area contributed by atoms with E-state index in [0.29, 0.717) is 12.8 Å². The van der Waals surface area contributed by atoms with Crippen molar-refractivity contribution in [2.75, 3.05) is 13.2 Å². The van der Waals surface area contributed by atoms with Gasteiger partial charge in [-0.3, -0.25) is 23.9 Å². The van der Waals surface area contributed by atoms with Gasteiger partial charge in [-0.15, -0.1) is 0 Å². The number of nitrogens with one attached hydrogen (secondary N) is 3. The zero-order valence-electron chi connectivity index (χ0n) is 20.6. The maximum Gasteiger partial charge on any atom is 0.330 e. The van der Waals surface area contributed by atoms with Gasteiger partial charge in [0.1, 0.15) is 24.4 Å². The van der Waals surface area contributed by atoms with Crippen LogP contribution in [0.2, 0.25) is 0 Å². The Bertz CT molecular complexity index is 1170. The standard InChI is InChI=1S/C23H32N4O11/c1-10-3-2-4-12(19(33)24-10)25-20(34)14-7-13(29)18(32)22(38-14)36-9-15-11(8-28)17(31)21(37-15)27-6-5-16(30)26-23(27)35/h5-7,10-13,15,17-18,21-22,28-29,31-32H,2-4,8-9H2,1H3,(H,24,33)(H,25,34)(H,26,30,35)/t10-,11-,12+,13+,15-,17-,18+,21-,22+/m1/s1. The number of H-pyrrole nitrogens is 1. The van der Waals surface area contributed by atoms with Gasteiger partial charge in [-0.05, 0) is 32.3 Å². The molecule has 0 radical (unpaired) electrons. The third kappa shape index (κ3) is 5.98. The van der Waals surface area contributed by atoms with Gasteiger partial charge in [0, 0.05) is 24.2 Å². The van der Waals surface area contributed by atoms with Crippen LogP contribution in [0, 0.1) is 5.92 Å². The molecule has 0 aromatic carbocycles. The molecule has 15 heteroatoms. The molecule has 2 amide bonds. The minimum absolute atomic E-state index is 0.0224. The Morgan fingerprint density at radius 3 is 2.68 bits per heavy atom. The molecule has 4 heterocycles. The molecule has 1 aromatic heterocycles. The van der Waals surface area contributed by atoms with E-state index in [1.165, 1.54) is 0 Å². The normalized spacial score (nSPS) is 35.6. The zero-order valence-corrected chi connectivity index (χ0v) is 20.6. The lowest BCUT2D eigenvalue weighted by molar-refractivity contribution is -0.217. The summed E-state index contributed by atoms with van der Waals surface area (Å²) in [5.41, 5.74) is -1.46. The summed E-state index contributed by atoms with van der Waals surface area (Å²) >= 11 is 0. The summed E-state index contributed by atoms with van der Waals surface area (Å²) in [6.07, 6.45) is -4.21. The van der Waals surface area contributed by atoms with E-state index in [2.05, 4.69) is 10.6 Å². The fourth-order valence-electron chi connectivity index (χ4n) is 4.68. The summed E-state index contributed by atoms with van der Waals surface area (Å²) in [5.74, 6) is -2.39. The van der Waals surface area contributed by atoms with Gasteiger partial charge in [0.05, 0.1) is 19.3 Å². The average molecular weight is 541 g/mol. The smallest absolute Gasteiger partial charge is 0.330 e. The minimum Gasteiger partial charge on any atom is -0.456 e. The van der Waals surface area contributed by atoms with E-state index >= 15 is 0 Å². The van der Waals surface area contributed by atoms with Crippen molar-refractivity contribution in [1.29, 1.82) is 0 Å². The Kier molecular flexibility index (Phi) is 8.64. The van der Waals surface area contributed by atoms with Crippen molar-refractivity contribution in [1.82, 2.24) is 20.2 Å². The molecule has 4 rings (SSSR count). The summed E-state index contributed by atoms with van der Waals surface area (Å²) in [6, 6.07) is 0.249. The first kappa shape index (κ1) is 27.9. The Morgan fingerprint density at radius 1 is 1.21 bits per heavy atom. The van der Waals surface area contributed by atoms with E-state index in [0.717, 1.165) is 29.3 Å². The number of aromatic nitrogens is 2. The second-order valence-electron chi connectivity index (χ2n) is 9.62. The highest BCUT2D eigenvalue weighted by atomic mass is 16.7. The molecule has 3 aliphatic heterocycles. The number of rotatable bonds is 7. The van der Waals surface area contributed by atoms with Crippen LogP contribution in [0.4, 0.5) is 0 Å². The van der Waals surface area contributed by atoms with Crippen LogP contribution in [0.15, 0.2) is 33.7 Å². The Balaban J connectivity index is 1.40. The maximum absolute atomic E-state index is 12.8. The largest absolute Gasteiger partial charge is 0.456 e. The topological polar surface area (TPSA) is 222 Å². The van der Waals surface area contributed by atoms with E-state index in [9.17, 15) is 39.6 Å². The molecular formula is C23H32N4O11. The third-order valence-electron chi connectivity index (χ3n) is 6.84. The van der Waals surface area contributed by atoms with E-state index in [1.54, 1.807) is 0 Å². The summed E-state index contributed by atoms with van der Waals surface area (Å²) < 4.78 is 17.7. The highest BCUT2D eigenvalue weighted by Gasteiger charge is 2.46. The van der Waals surface area contributed by atoms with Crippen LogP contribution in [0.3, 0.4) is 0 Å². The minimum atomic E-state index is -1.59. The van der Waals surface area contributed by atoms with Crippen molar-refractivity contribution in [2.24, 2.45) is 5.92 Å². The lowest BCUT2D eigenvalue weighted by atomic mass is 9.99. The molecule has 1 aromatic rings. The fourth-order valence-corrected chi connectivity index (χ4v) is 4.68. The van der Waals surface area contributed by atoms with E-state index in [1.807, 2.05) is 11.9 Å². The van der Waals surface area contributed by atoms with Crippen molar-refractivity contribution >= 4 is 11.8 Å². The number of hydrogen-bond acceptors (Lipinski definition) is 11. The summed E-state index contributed by atoms with van der Waals surface area (Å²) in [7, 11) is 0. The van der Waals surface area contributed by atoms with Crippen molar-refractivity contribution in [3.63, 3.8) is 0 Å². The lowest BCUT2D eigenvalue weighted by Crippen LogP contribution is -2.50. The number of carbonyl (C=O) groups excluding carboxylic acids is 2. The number of aliphatic hydroxyl groups excluding tert-OH is 4. The Hall–Kier alpha value is -3.08. The van der Waals surface area contributed by atoms with Crippen LogP contribution in [0.25, 0.3) is 0 Å². The molecule has 0 bridgehead atoms. The number of hydrogen-bond donors (Lipinski definition) is 7. The van der Waals surface area contributed by atoms with Gasteiger partial charge in [-0.2, -0.15) is 0 Å². The van der Waals surface area contributed by atoms with Gasteiger partial charge in [-0.25, -0.2) is 4.79 Å². The Morgan fingerprint density at radius 2 is 1.97 bits per heavy atom. The SMILES string of the molecule is C[C@@H]1CCC[C@H](NC(=O)C2=C[C@H](O)[C@H](O)[C@@H](OC[C@H]3O[C@@H](n4ccc(=O)[nH]c4=O)[C@H](O)[C@@H]3CO)O2)C(=O)N1. The molecule has 38 heavy (non-hydrogen) atoms. The predicted molar refractivity (Wildman–Crippen MR) is 126 cm³/mol. The average Bonchev–Trinajstić information content (AvgIpc) is 3.08. The van der Waals surface area contributed by atoms with Gasteiger partial charge >= 0.3 is 5.69 Å². The molecular weight excluding hydrogens is 508 g/mol. The van der Waals surface area contributed by atoms with Crippen molar-refractivity contribution in [3.05, 3.63) is 44.9 Å². The number of carbonyl (C=O) groups is 2. The lowest BCUT2D eigenvalue weighted by Gasteiger charge is -2.32. The number of aliphatic hydroxyl groups is 4. The summed E-state index contributed by atoms with van der Waals surface area (Å²) in [6.45, 7) is 0.948. The monoisotopic (exact) mass is 540 g/mol. The van der Waals surface area contributed by atoms with Crippen molar-refractivity contribution in [2.45, 2.75) is 75.2 Å². The zero-order chi connectivity index (χ0) is 27.6. The van der Waals surface area contributed by atoms with Gasteiger partial charge in [0.15, 0.2) is 12.0 Å². The predicted octanol–water partition coefficient (Wildman–Crippen LogP) is -3.44. The summed E-state index contributed by atoms with van der Waals surface area (Å²) in [5, 5.41) is 46.4. The fraction of sp³-hybridized carbons (Fsp3) is 0.652. The number of ether oxygens (including phenoxy) is 3. The molecule has 9 atom stereocenters. The van der Waals surface area contributed by atoms with Gasteiger partial charge < -0.3 is 45.3 Å². The molecule has 7 N–H and O–H groups in total. The first-order valence-electron chi connectivity index (χ1n) is 12.3. The van der Waals surface area contributed by atoms with Crippen LogP contribution in [0.1, 0.15) is 32.4 Å². The molecule has 3 aliphatic rings. The highest BCUT2D eigenvalue weighted by Crippen LogP contribution is 2.33. The molecule has 2 saturated heterocycles. The molecule has 0 unspecified atom stereocenters. The molecule has 15 nitrogen and oxygen atoms in total. The first-order valence-corrected chi connectivity index (χ1v) is 12.3. The van der Waals surface area contributed by atoms with E-state index in [-0.39, 0.29) is 24.3 Å². The third-order valence-corrected chi connectivity index (χ3v) is 6.84. The van der Waals surface area contributed by atoms with E-state index in [4.69, 9.17) is 14.2 Å². The molecule has 2 fully saturated rings. The second kappa shape index (κ2) is 11.8. The van der Waals surface area contributed by atoms with Crippen LogP contribution in [0.5, 0.6) is 0 Å². The van der Waals surface area contributed by atoms with Crippen molar-refractivity contribution in [3.8, 4) is 0 Å². The molecule has 0 spiro atoms. The molecule has 0 aliphatic carbocycles.